The first kappa shape index (κ1) is 14.9. The molecule has 1 aromatic heterocycles. The second-order valence-corrected chi connectivity index (χ2v) is 6.77. The summed E-state index contributed by atoms with van der Waals surface area (Å²) in [5, 5.41) is 4.18. The number of morpholine rings is 1. The molecule has 112 valence electrons. The monoisotopic (exact) mass is 343 g/mol. The second kappa shape index (κ2) is 6.83. The van der Waals surface area contributed by atoms with Gasteiger partial charge in [0.2, 0.25) is 0 Å². The summed E-state index contributed by atoms with van der Waals surface area (Å²) in [5.41, 5.74) is 2.06. The van der Waals surface area contributed by atoms with Crippen LogP contribution in [0.3, 0.4) is 0 Å². The Bertz CT molecular complexity index is 614. The zero-order valence-electron chi connectivity index (χ0n) is 11.3. The summed E-state index contributed by atoms with van der Waals surface area (Å²) in [6.45, 7) is 3.85. The fraction of sp³-hybridized carbons (Fsp3) is 0.357. The largest absolute Gasteiger partial charge is 0.378 e. The van der Waals surface area contributed by atoms with Crippen LogP contribution in [0.5, 0.6) is 0 Å². The van der Waals surface area contributed by atoms with Crippen LogP contribution in [-0.2, 0) is 11.3 Å². The molecule has 1 aliphatic rings. The lowest BCUT2D eigenvalue weighted by Crippen LogP contribution is -2.36. The number of nitrogens with one attached hydrogen (secondary N) is 1. The first-order valence-electron chi connectivity index (χ1n) is 6.69. The van der Waals surface area contributed by atoms with Gasteiger partial charge in [0.05, 0.1) is 36.2 Å². The van der Waals surface area contributed by atoms with Crippen LogP contribution in [0.2, 0.25) is 9.49 Å². The number of benzene rings is 1. The van der Waals surface area contributed by atoms with Gasteiger partial charge in [0.1, 0.15) is 0 Å². The minimum Gasteiger partial charge on any atom is -0.378 e. The molecule has 3 rings (SSSR count). The van der Waals surface area contributed by atoms with Gasteiger partial charge in [-0.15, -0.1) is 11.3 Å². The molecule has 0 saturated carbocycles. The van der Waals surface area contributed by atoms with Crippen LogP contribution in [0.4, 0.5) is 11.4 Å². The highest BCUT2D eigenvalue weighted by Gasteiger charge is 2.17. The molecular weight excluding hydrogens is 329 g/mol. The fourth-order valence-corrected chi connectivity index (χ4v) is 3.53. The SMILES string of the molecule is Clc1ncc(CNc2cccc(Cl)c2N2CCOCC2)s1. The molecule has 2 heterocycles. The topological polar surface area (TPSA) is 37.4 Å². The Balaban J connectivity index is 1.79. The van der Waals surface area contributed by atoms with Gasteiger partial charge in [-0.3, -0.25) is 0 Å². The summed E-state index contributed by atoms with van der Waals surface area (Å²) in [5.74, 6) is 0. The van der Waals surface area contributed by atoms with Gasteiger partial charge in [-0.1, -0.05) is 29.3 Å². The Morgan fingerprint density at radius 3 is 2.81 bits per heavy atom. The number of hydrogen-bond donors (Lipinski definition) is 1. The van der Waals surface area contributed by atoms with E-state index in [1.54, 1.807) is 6.20 Å². The van der Waals surface area contributed by atoms with E-state index >= 15 is 0 Å². The Morgan fingerprint density at radius 2 is 2.10 bits per heavy atom. The van der Waals surface area contributed by atoms with Gasteiger partial charge in [-0.25, -0.2) is 4.98 Å². The fourth-order valence-electron chi connectivity index (χ4n) is 2.31. The summed E-state index contributed by atoms with van der Waals surface area (Å²) in [4.78, 5) is 7.40. The molecule has 0 bridgehead atoms. The molecular formula is C14H15Cl2N3OS. The average Bonchev–Trinajstić information content (AvgIpc) is 2.92. The molecule has 0 unspecified atom stereocenters. The summed E-state index contributed by atoms with van der Waals surface area (Å²) in [7, 11) is 0. The highest BCUT2D eigenvalue weighted by Crippen LogP contribution is 2.35. The van der Waals surface area contributed by atoms with Crippen molar-refractivity contribution >= 4 is 45.9 Å². The molecule has 21 heavy (non-hydrogen) atoms. The smallest absolute Gasteiger partial charge is 0.183 e. The lowest BCUT2D eigenvalue weighted by Gasteiger charge is -2.31. The Hall–Kier alpha value is -1.01. The van der Waals surface area contributed by atoms with E-state index in [0.717, 1.165) is 47.6 Å². The van der Waals surface area contributed by atoms with Gasteiger partial charge < -0.3 is 15.0 Å². The molecule has 1 fully saturated rings. The first-order chi connectivity index (χ1) is 10.2. The van der Waals surface area contributed by atoms with Crippen molar-refractivity contribution in [2.45, 2.75) is 6.54 Å². The lowest BCUT2D eigenvalue weighted by molar-refractivity contribution is 0.123. The van der Waals surface area contributed by atoms with Crippen molar-refractivity contribution in [3.05, 3.63) is 38.8 Å². The molecule has 1 saturated heterocycles. The van der Waals surface area contributed by atoms with Crippen molar-refractivity contribution in [2.75, 3.05) is 36.5 Å². The third-order valence-electron chi connectivity index (χ3n) is 3.29. The zero-order valence-corrected chi connectivity index (χ0v) is 13.6. The molecule has 0 spiro atoms. The molecule has 4 nitrogen and oxygen atoms in total. The van der Waals surface area contributed by atoms with E-state index in [4.69, 9.17) is 27.9 Å². The van der Waals surface area contributed by atoms with Crippen molar-refractivity contribution in [3.8, 4) is 0 Å². The summed E-state index contributed by atoms with van der Waals surface area (Å²) < 4.78 is 5.97. The van der Waals surface area contributed by atoms with Crippen LogP contribution < -0.4 is 10.2 Å². The van der Waals surface area contributed by atoms with Gasteiger partial charge in [-0.2, -0.15) is 0 Å². The molecule has 0 atom stereocenters. The van der Waals surface area contributed by atoms with Crippen LogP contribution >= 0.6 is 34.5 Å². The third-order valence-corrected chi connectivity index (χ3v) is 4.71. The van der Waals surface area contributed by atoms with E-state index in [1.807, 2.05) is 18.2 Å². The predicted octanol–water partition coefficient (Wildman–Crippen LogP) is 3.90. The van der Waals surface area contributed by atoms with Gasteiger partial charge >= 0.3 is 0 Å². The maximum atomic E-state index is 6.40. The highest BCUT2D eigenvalue weighted by atomic mass is 35.5. The Kier molecular flexibility index (Phi) is 4.85. The average molecular weight is 344 g/mol. The number of anilines is 2. The first-order valence-corrected chi connectivity index (χ1v) is 8.26. The Labute approximate surface area is 137 Å². The van der Waals surface area contributed by atoms with E-state index in [2.05, 4.69) is 15.2 Å². The van der Waals surface area contributed by atoms with Gasteiger partial charge in [0, 0.05) is 24.2 Å². The zero-order chi connectivity index (χ0) is 14.7. The van der Waals surface area contributed by atoms with Gasteiger partial charge in [0.25, 0.3) is 0 Å². The van der Waals surface area contributed by atoms with Gasteiger partial charge in [-0.05, 0) is 12.1 Å². The van der Waals surface area contributed by atoms with Crippen LogP contribution in [-0.4, -0.2) is 31.3 Å². The lowest BCUT2D eigenvalue weighted by atomic mass is 10.2. The van der Waals surface area contributed by atoms with Crippen molar-refractivity contribution < 1.29 is 4.74 Å². The van der Waals surface area contributed by atoms with Crippen LogP contribution in [0.1, 0.15) is 4.88 Å². The standard InChI is InChI=1S/C14H15Cl2N3OS/c15-11-2-1-3-12(13(11)19-4-6-20-7-5-19)17-8-10-9-18-14(16)21-10/h1-3,9,17H,4-8H2. The number of thiazole rings is 1. The number of rotatable bonds is 4. The second-order valence-electron chi connectivity index (χ2n) is 4.67. The normalized spacial score (nSPS) is 15.2. The van der Waals surface area contributed by atoms with Crippen molar-refractivity contribution in [1.29, 1.82) is 0 Å². The molecule has 7 heteroatoms. The van der Waals surface area contributed by atoms with Gasteiger partial charge in [0.15, 0.2) is 4.47 Å². The summed E-state index contributed by atoms with van der Waals surface area (Å²) in [6.07, 6.45) is 1.79. The maximum Gasteiger partial charge on any atom is 0.183 e. The van der Waals surface area contributed by atoms with Crippen molar-refractivity contribution in [2.24, 2.45) is 0 Å². The minimum absolute atomic E-state index is 0.561. The number of nitrogens with zero attached hydrogens (tertiary/aromatic N) is 2. The molecule has 1 N–H and O–H groups in total. The Morgan fingerprint density at radius 1 is 1.29 bits per heavy atom. The van der Waals surface area contributed by atoms with Crippen LogP contribution in [0.15, 0.2) is 24.4 Å². The maximum absolute atomic E-state index is 6.40. The van der Waals surface area contributed by atoms with Crippen molar-refractivity contribution in [1.82, 2.24) is 4.98 Å². The number of ether oxygens (including phenoxy) is 1. The highest BCUT2D eigenvalue weighted by molar-refractivity contribution is 7.15. The minimum atomic E-state index is 0.561. The number of aromatic nitrogens is 1. The molecule has 0 radical (unpaired) electrons. The number of para-hydroxylation sites is 1. The number of hydrogen-bond acceptors (Lipinski definition) is 5. The van der Waals surface area contributed by atoms with Crippen LogP contribution in [0, 0.1) is 0 Å². The summed E-state index contributed by atoms with van der Waals surface area (Å²) >= 11 is 13.7. The molecule has 2 aromatic rings. The molecule has 0 aliphatic carbocycles. The van der Waals surface area contributed by atoms with E-state index < -0.39 is 0 Å². The van der Waals surface area contributed by atoms with E-state index in [1.165, 1.54) is 11.3 Å². The third kappa shape index (κ3) is 3.61. The van der Waals surface area contributed by atoms with Crippen molar-refractivity contribution in [3.63, 3.8) is 0 Å². The molecule has 1 aromatic carbocycles. The predicted molar refractivity (Wildman–Crippen MR) is 88.9 cm³/mol. The summed E-state index contributed by atoms with van der Waals surface area (Å²) in [6, 6.07) is 5.91. The van der Waals surface area contributed by atoms with E-state index in [0.29, 0.717) is 11.0 Å². The van der Waals surface area contributed by atoms with E-state index in [9.17, 15) is 0 Å². The number of halogens is 2. The molecule has 0 amide bonds. The van der Waals surface area contributed by atoms with Crippen LogP contribution in [0.25, 0.3) is 0 Å². The van der Waals surface area contributed by atoms with E-state index in [-0.39, 0.29) is 0 Å². The molecule has 1 aliphatic heterocycles. The quantitative estimate of drug-likeness (QED) is 0.913.